The van der Waals surface area contributed by atoms with E-state index in [1.54, 1.807) is 11.3 Å². The van der Waals surface area contributed by atoms with Gasteiger partial charge in [0.25, 0.3) is 0 Å². The van der Waals surface area contributed by atoms with Crippen molar-refractivity contribution in [3.05, 3.63) is 56.8 Å². The Morgan fingerprint density at radius 3 is 2.86 bits per heavy atom. The second-order valence-corrected chi connectivity index (χ2v) is 8.11. The van der Waals surface area contributed by atoms with Gasteiger partial charge in [-0.05, 0) is 42.0 Å². The van der Waals surface area contributed by atoms with Gasteiger partial charge in [-0.15, -0.1) is 11.3 Å². The summed E-state index contributed by atoms with van der Waals surface area (Å²) in [4.78, 5) is 15.3. The van der Waals surface area contributed by atoms with Crippen molar-refractivity contribution in [3.63, 3.8) is 0 Å². The first-order chi connectivity index (χ1) is 13.7. The maximum absolute atomic E-state index is 11.8. The lowest BCUT2D eigenvalue weighted by Crippen LogP contribution is -2.33. The highest BCUT2D eigenvalue weighted by Crippen LogP contribution is 2.43. The number of hydrogen-bond acceptors (Lipinski definition) is 6. The zero-order valence-corrected chi connectivity index (χ0v) is 16.9. The number of hydrogen-bond donors (Lipinski definition) is 1. The van der Waals surface area contributed by atoms with Crippen molar-refractivity contribution in [2.75, 3.05) is 33.4 Å². The van der Waals surface area contributed by atoms with Crippen molar-refractivity contribution in [3.8, 4) is 5.75 Å². The van der Waals surface area contributed by atoms with Crippen molar-refractivity contribution in [2.24, 2.45) is 0 Å². The van der Waals surface area contributed by atoms with Gasteiger partial charge in [0.1, 0.15) is 12.4 Å². The van der Waals surface area contributed by atoms with Gasteiger partial charge in [-0.3, -0.25) is 4.79 Å². The number of carbonyl (C=O) groups is 1. The smallest absolute Gasteiger partial charge is 0.309 e. The minimum Gasteiger partial charge on any atom is -0.488 e. The predicted molar refractivity (Wildman–Crippen MR) is 110 cm³/mol. The van der Waals surface area contributed by atoms with Crippen LogP contribution in [0, 0.1) is 0 Å². The second kappa shape index (κ2) is 8.47. The average molecular weight is 400 g/mol. The monoisotopic (exact) mass is 399 g/mol. The van der Waals surface area contributed by atoms with Crippen molar-refractivity contribution in [2.45, 2.75) is 25.9 Å². The van der Waals surface area contributed by atoms with Crippen molar-refractivity contribution in [1.29, 1.82) is 0 Å². The molecule has 0 aliphatic carbocycles. The number of benzene rings is 1. The van der Waals surface area contributed by atoms with Crippen LogP contribution in [-0.2, 0) is 22.6 Å². The van der Waals surface area contributed by atoms with Gasteiger partial charge in [0.15, 0.2) is 0 Å². The van der Waals surface area contributed by atoms with Crippen molar-refractivity contribution < 1.29 is 19.4 Å². The number of aliphatic hydroxyl groups excluding tert-OH is 1. The highest BCUT2D eigenvalue weighted by atomic mass is 32.1. The minimum absolute atomic E-state index is 0.203. The Balaban J connectivity index is 1.76. The lowest BCUT2D eigenvalue weighted by molar-refractivity contribution is -0.139. The van der Waals surface area contributed by atoms with Crippen LogP contribution in [0.3, 0.4) is 0 Å². The SMILES string of the molecule is COC(=O)Cc1ccc2c(c1)C(=C1CCN(CCO)CC1)c1sccc1CO2. The summed E-state index contributed by atoms with van der Waals surface area (Å²) in [5.74, 6) is 0.634. The number of carbonyl (C=O) groups excluding carboxylic acids is 1. The number of β-amino-alcohol motifs (C(OH)–C–C–N with tert-alkyl or cyclic N) is 1. The summed E-state index contributed by atoms with van der Waals surface area (Å²) >= 11 is 1.76. The number of rotatable bonds is 4. The number of nitrogens with zero attached hydrogens (tertiary/aromatic N) is 1. The maximum Gasteiger partial charge on any atom is 0.309 e. The van der Waals surface area contributed by atoms with Crippen LogP contribution < -0.4 is 4.74 Å². The summed E-state index contributed by atoms with van der Waals surface area (Å²) in [6.45, 7) is 3.41. The van der Waals surface area contributed by atoms with Crippen LogP contribution in [0.4, 0.5) is 0 Å². The topological polar surface area (TPSA) is 59.0 Å². The van der Waals surface area contributed by atoms with E-state index in [1.807, 2.05) is 12.1 Å². The van der Waals surface area contributed by atoms with Crippen LogP contribution in [0.1, 0.15) is 34.4 Å². The van der Waals surface area contributed by atoms with Gasteiger partial charge < -0.3 is 19.5 Å². The summed E-state index contributed by atoms with van der Waals surface area (Å²) < 4.78 is 11.0. The molecule has 0 bridgehead atoms. The summed E-state index contributed by atoms with van der Waals surface area (Å²) in [5.41, 5.74) is 5.93. The number of thiophene rings is 1. The first-order valence-corrected chi connectivity index (χ1v) is 10.5. The fourth-order valence-electron chi connectivity index (χ4n) is 3.98. The quantitative estimate of drug-likeness (QED) is 0.800. The highest BCUT2D eigenvalue weighted by molar-refractivity contribution is 7.11. The van der Waals surface area contributed by atoms with Crippen LogP contribution >= 0.6 is 11.3 Å². The predicted octanol–water partition coefficient (Wildman–Crippen LogP) is 3.25. The molecule has 0 atom stereocenters. The molecule has 1 fully saturated rings. The number of esters is 1. The van der Waals surface area contributed by atoms with Crippen molar-refractivity contribution in [1.82, 2.24) is 4.90 Å². The third-order valence-electron chi connectivity index (χ3n) is 5.48. The van der Waals surface area contributed by atoms with E-state index in [9.17, 15) is 9.90 Å². The molecule has 0 amide bonds. The normalized spacial score (nSPS) is 16.8. The van der Waals surface area contributed by atoms with Crippen molar-refractivity contribution >= 4 is 22.9 Å². The molecule has 5 nitrogen and oxygen atoms in total. The summed E-state index contributed by atoms with van der Waals surface area (Å²) in [6.07, 6.45) is 2.22. The number of methoxy groups -OCH3 is 1. The van der Waals surface area contributed by atoms with E-state index in [1.165, 1.54) is 28.7 Å². The van der Waals surface area contributed by atoms with Gasteiger partial charge in [-0.2, -0.15) is 0 Å². The van der Waals surface area contributed by atoms with Crippen LogP contribution in [0.2, 0.25) is 0 Å². The maximum atomic E-state index is 11.8. The highest BCUT2D eigenvalue weighted by Gasteiger charge is 2.26. The molecule has 0 saturated carbocycles. The first kappa shape index (κ1) is 19.2. The number of likely N-dealkylation sites (tertiary alicyclic amines) is 1. The molecule has 2 aromatic rings. The summed E-state index contributed by atoms with van der Waals surface area (Å²) in [7, 11) is 1.42. The molecule has 0 radical (unpaired) electrons. The van der Waals surface area contributed by atoms with Gasteiger partial charge in [-0.1, -0.05) is 11.6 Å². The zero-order chi connectivity index (χ0) is 19.5. The molecular formula is C22H25NO4S. The van der Waals surface area contributed by atoms with Gasteiger partial charge in [0.2, 0.25) is 0 Å². The summed E-state index contributed by atoms with van der Waals surface area (Å²) in [5, 5.41) is 11.3. The van der Waals surface area contributed by atoms with Crippen LogP contribution in [0.15, 0.2) is 35.2 Å². The van der Waals surface area contributed by atoms with E-state index >= 15 is 0 Å². The van der Waals surface area contributed by atoms with E-state index in [2.05, 4.69) is 22.4 Å². The van der Waals surface area contributed by atoms with Gasteiger partial charge in [0.05, 0.1) is 20.1 Å². The standard InChI is InChI=1S/C22H25NO4S/c1-26-20(25)13-15-2-3-19-18(12-15)21(22-17(14-27-19)6-11-28-22)16-4-7-23(8-5-16)9-10-24/h2-3,6,11-12,24H,4-5,7-10,13-14H2,1H3. The molecule has 148 valence electrons. The van der Waals surface area contributed by atoms with Gasteiger partial charge in [-0.25, -0.2) is 0 Å². The Bertz CT molecular complexity index is 892. The Morgan fingerprint density at radius 2 is 2.11 bits per heavy atom. The van der Waals surface area contributed by atoms with Gasteiger partial charge >= 0.3 is 5.97 Å². The fraction of sp³-hybridized carbons (Fsp3) is 0.409. The van der Waals surface area contributed by atoms with E-state index < -0.39 is 0 Å². The second-order valence-electron chi connectivity index (χ2n) is 7.19. The Morgan fingerprint density at radius 1 is 1.29 bits per heavy atom. The van der Waals surface area contributed by atoms with E-state index in [-0.39, 0.29) is 19.0 Å². The number of aliphatic hydroxyl groups is 1. The zero-order valence-electron chi connectivity index (χ0n) is 16.1. The largest absolute Gasteiger partial charge is 0.488 e. The molecule has 6 heteroatoms. The van der Waals surface area contributed by atoms with Gasteiger partial charge in [0, 0.05) is 41.2 Å². The van der Waals surface area contributed by atoms with E-state index in [0.717, 1.165) is 49.4 Å². The molecule has 0 unspecified atom stereocenters. The molecule has 3 heterocycles. The molecule has 1 aromatic carbocycles. The van der Waals surface area contributed by atoms with E-state index in [0.29, 0.717) is 6.61 Å². The van der Waals surface area contributed by atoms with Crippen LogP contribution in [0.25, 0.3) is 5.57 Å². The first-order valence-electron chi connectivity index (χ1n) is 9.64. The van der Waals surface area contributed by atoms with Crippen LogP contribution in [0.5, 0.6) is 5.75 Å². The molecular weight excluding hydrogens is 374 g/mol. The number of piperidine rings is 1. The minimum atomic E-state index is -0.238. The Kier molecular flexibility index (Phi) is 5.80. The summed E-state index contributed by atoms with van der Waals surface area (Å²) in [6, 6.07) is 8.15. The molecule has 1 aromatic heterocycles. The number of ether oxygens (including phenoxy) is 2. The molecule has 0 spiro atoms. The average Bonchev–Trinajstić information content (AvgIpc) is 3.11. The Labute approximate surface area is 169 Å². The molecule has 1 saturated heterocycles. The molecule has 4 rings (SSSR count). The Hall–Kier alpha value is -2.15. The fourth-order valence-corrected chi connectivity index (χ4v) is 5.00. The third kappa shape index (κ3) is 3.85. The van der Waals surface area contributed by atoms with Crippen LogP contribution in [-0.4, -0.2) is 49.3 Å². The molecule has 1 N–H and O–H groups in total. The lowest BCUT2D eigenvalue weighted by atomic mass is 9.90. The molecule has 28 heavy (non-hydrogen) atoms. The molecule has 2 aliphatic heterocycles. The number of fused-ring (bicyclic) bond motifs is 2. The lowest BCUT2D eigenvalue weighted by Gasteiger charge is -2.29. The molecule has 2 aliphatic rings. The van der Waals surface area contributed by atoms with E-state index in [4.69, 9.17) is 9.47 Å². The third-order valence-corrected chi connectivity index (χ3v) is 6.45.